The molecule has 0 amide bonds. The van der Waals surface area contributed by atoms with Crippen LogP contribution in [0, 0.1) is 12.8 Å². The van der Waals surface area contributed by atoms with Gasteiger partial charge in [0, 0.05) is 31.2 Å². The molecule has 0 spiro atoms. The van der Waals surface area contributed by atoms with Crippen LogP contribution in [0.1, 0.15) is 31.0 Å². The van der Waals surface area contributed by atoms with Crippen molar-refractivity contribution < 1.29 is 0 Å². The number of nitrogens with two attached hydrogens (primary N) is 1. The van der Waals surface area contributed by atoms with Crippen molar-refractivity contribution in [3.05, 3.63) is 42.0 Å². The van der Waals surface area contributed by atoms with Gasteiger partial charge in [-0.25, -0.2) is 0 Å². The van der Waals surface area contributed by atoms with Crippen molar-refractivity contribution in [3.63, 3.8) is 0 Å². The van der Waals surface area contributed by atoms with Crippen LogP contribution in [0.2, 0.25) is 0 Å². The fourth-order valence-electron chi connectivity index (χ4n) is 1.99. The van der Waals surface area contributed by atoms with E-state index in [-0.39, 0.29) is 6.04 Å². The summed E-state index contributed by atoms with van der Waals surface area (Å²) in [6.07, 6.45) is 8.18. The molecule has 1 atom stereocenters. The second kappa shape index (κ2) is 5.40. The van der Waals surface area contributed by atoms with Crippen LogP contribution in [0.15, 0.2) is 30.9 Å². The first-order valence-electron chi connectivity index (χ1n) is 6.46. The number of hydrogen-bond donors (Lipinski definition) is 1. The summed E-state index contributed by atoms with van der Waals surface area (Å²) in [6.45, 7) is 8.16. The van der Waals surface area contributed by atoms with Gasteiger partial charge in [0.15, 0.2) is 0 Å². The molecule has 0 aromatic carbocycles. The van der Waals surface area contributed by atoms with Crippen LogP contribution in [0.25, 0.3) is 0 Å². The van der Waals surface area contributed by atoms with Crippen LogP contribution in [-0.2, 0) is 13.1 Å². The fourth-order valence-corrected chi connectivity index (χ4v) is 1.99. The van der Waals surface area contributed by atoms with Gasteiger partial charge in [-0.15, -0.1) is 0 Å². The minimum atomic E-state index is 0.123. The van der Waals surface area contributed by atoms with E-state index >= 15 is 0 Å². The fraction of sp³-hybridized carbons (Fsp3) is 0.500. The van der Waals surface area contributed by atoms with Gasteiger partial charge in [-0.05, 0) is 30.0 Å². The second-order valence-corrected chi connectivity index (χ2v) is 5.23. The highest BCUT2D eigenvalue weighted by atomic mass is 15.3. The predicted octanol–water partition coefficient (Wildman–Crippen LogP) is 2.35. The molecule has 0 saturated carbocycles. The highest BCUT2D eigenvalue weighted by molar-refractivity contribution is 5.15. The van der Waals surface area contributed by atoms with Gasteiger partial charge >= 0.3 is 0 Å². The summed E-state index contributed by atoms with van der Waals surface area (Å²) in [5.74, 6) is 0.467. The zero-order valence-electron chi connectivity index (χ0n) is 11.4. The molecule has 0 aliphatic rings. The van der Waals surface area contributed by atoms with Crippen molar-refractivity contribution in [3.8, 4) is 0 Å². The van der Waals surface area contributed by atoms with Crippen molar-refractivity contribution in [2.75, 3.05) is 0 Å². The molecule has 2 heterocycles. The van der Waals surface area contributed by atoms with Crippen LogP contribution in [0.5, 0.6) is 0 Å². The maximum Gasteiger partial charge on any atom is 0.0588 e. The molecule has 1 unspecified atom stereocenters. The molecule has 0 bridgehead atoms. The molecule has 98 valence electrons. The molecule has 0 saturated heterocycles. The van der Waals surface area contributed by atoms with E-state index in [1.54, 1.807) is 0 Å². The average Bonchev–Trinajstić information content (AvgIpc) is 2.94. The summed E-state index contributed by atoms with van der Waals surface area (Å²) in [4.78, 5) is 0. The molecule has 0 fully saturated rings. The minimum absolute atomic E-state index is 0.123. The number of hydrogen-bond acceptors (Lipinski definition) is 2. The normalized spacial score (nSPS) is 13.2. The van der Waals surface area contributed by atoms with Crippen LogP contribution in [0.3, 0.4) is 0 Å². The van der Waals surface area contributed by atoms with Gasteiger partial charge in [0.2, 0.25) is 0 Å². The lowest BCUT2D eigenvalue weighted by Gasteiger charge is -2.13. The third-order valence-corrected chi connectivity index (χ3v) is 3.23. The van der Waals surface area contributed by atoms with Gasteiger partial charge < -0.3 is 10.3 Å². The first-order valence-corrected chi connectivity index (χ1v) is 6.46. The van der Waals surface area contributed by atoms with E-state index in [0.29, 0.717) is 5.92 Å². The Kier molecular flexibility index (Phi) is 3.87. The first kappa shape index (κ1) is 12.9. The first-order chi connectivity index (χ1) is 8.56. The molecular weight excluding hydrogens is 224 g/mol. The van der Waals surface area contributed by atoms with Crippen molar-refractivity contribution in [1.29, 1.82) is 0 Å². The molecular formula is C14H22N4. The highest BCUT2D eigenvalue weighted by Gasteiger charge is 2.11. The molecule has 18 heavy (non-hydrogen) atoms. The lowest BCUT2D eigenvalue weighted by molar-refractivity contribution is 0.508. The molecule has 4 heteroatoms. The Bertz CT molecular complexity index is 495. The minimum Gasteiger partial charge on any atom is -0.352 e. The molecule has 2 aromatic rings. The Morgan fingerprint density at radius 3 is 2.67 bits per heavy atom. The standard InChI is InChI=1S/C14H22N4/c1-11(2)14(15)13-4-5-17(10-13)6-7-18-9-12(3)8-16-18/h4-5,8-11,14H,6-7,15H2,1-3H3. The molecule has 2 N–H and O–H groups in total. The molecule has 2 aromatic heterocycles. The number of aromatic nitrogens is 3. The van der Waals surface area contributed by atoms with E-state index in [2.05, 4.69) is 55.1 Å². The number of aryl methyl sites for hydroxylation is 3. The quantitative estimate of drug-likeness (QED) is 0.880. The van der Waals surface area contributed by atoms with Crippen molar-refractivity contribution in [1.82, 2.24) is 14.3 Å². The molecule has 0 radical (unpaired) electrons. The van der Waals surface area contributed by atoms with Crippen LogP contribution < -0.4 is 5.73 Å². The molecule has 0 aliphatic carbocycles. The number of nitrogens with zero attached hydrogens (tertiary/aromatic N) is 3. The Morgan fingerprint density at radius 2 is 2.06 bits per heavy atom. The molecule has 2 rings (SSSR count). The monoisotopic (exact) mass is 246 g/mol. The zero-order chi connectivity index (χ0) is 13.1. The van der Waals surface area contributed by atoms with Gasteiger partial charge in [0.25, 0.3) is 0 Å². The van der Waals surface area contributed by atoms with Gasteiger partial charge in [-0.3, -0.25) is 4.68 Å². The summed E-state index contributed by atoms with van der Waals surface area (Å²) in [7, 11) is 0. The van der Waals surface area contributed by atoms with E-state index < -0.39 is 0 Å². The number of rotatable bonds is 5. The Balaban J connectivity index is 1.94. The zero-order valence-corrected chi connectivity index (χ0v) is 11.4. The maximum atomic E-state index is 6.13. The van der Waals surface area contributed by atoms with E-state index in [1.807, 2.05) is 10.9 Å². The topological polar surface area (TPSA) is 48.8 Å². The van der Waals surface area contributed by atoms with Gasteiger partial charge in [0.1, 0.15) is 0 Å². The van der Waals surface area contributed by atoms with E-state index in [4.69, 9.17) is 5.73 Å². The average molecular weight is 246 g/mol. The highest BCUT2D eigenvalue weighted by Crippen LogP contribution is 2.18. The summed E-state index contributed by atoms with van der Waals surface area (Å²) in [6, 6.07) is 2.23. The maximum absolute atomic E-state index is 6.13. The van der Waals surface area contributed by atoms with Crippen molar-refractivity contribution >= 4 is 0 Å². The van der Waals surface area contributed by atoms with E-state index in [0.717, 1.165) is 13.1 Å². The lowest BCUT2D eigenvalue weighted by Crippen LogP contribution is -2.16. The summed E-state index contributed by atoms with van der Waals surface area (Å²) >= 11 is 0. The largest absolute Gasteiger partial charge is 0.352 e. The van der Waals surface area contributed by atoms with E-state index in [9.17, 15) is 0 Å². The smallest absolute Gasteiger partial charge is 0.0588 e. The third-order valence-electron chi connectivity index (χ3n) is 3.23. The van der Waals surface area contributed by atoms with Crippen LogP contribution in [0.4, 0.5) is 0 Å². The predicted molar refractivity (Wildman–Crippen MR) is 73.2 cm³/mol. The van der Waals surface area contributed by atoms with E-state index in [1.165, 1.54) is 11.1 Å². The Hall–Kier alpha value is -1.55. The van der Waals surface area contributed by atoms with Crippen LogP contribution in [-0.4, -0.2) is 14.3 Å². The van der Waals surface area contributed by atoms with Gasteiger partial charge in [-0.1, -0.05) is 13.8 Å². The molecule has 0 aliphatic heterocycles. The second-order valence-electron chi connectivity index (χ2n) is 5.23. The van der Waals surface area contributed by atoms with Gasteiger partial charge in [-0.2, -0.15) is 5.10 Å². The van der Waals surface area contributed by atoms with Crippen LogP contribution >= 0.6 is 0 Å². The van der Waals surface area contributed by atoms with Gasteiger partial charge in [0.05, 0.1) is 12.7 Å². The summed E-state index contributed by atoms with van der Waals surface area (Å²) in [5.41, 5.74) is 8.54. The molecule has 4 nitrogen and oxygen atoms in total. The summed E-state index contributed by atoms with van der Waals surface area (Å²) in [5, 5.41) is 4.28. The Labute approximate surface area is 108 Å². The van der Waals surface area contributed by atoms with Crippen molar-refractivity contribution in [2.45, 2.75) is 39.9 Å². The lowest BCUT2D eigenvalue weighted by atomic mass is 10.00. The van der Waals surface area contributed by atoms with Crippen molar-refractivity contribution in [2.24, 2.45) is 11.7 Å². The summed E-state index contributed by atoms with van der Waals surface area (Å²) < 4.78 is 4.14. The third kappa shape index (κ3) is 3.01. The SMILES string of the molecule is Cc1cnn(CCn2ccc(C(N)C(C)C)c2)c1. The Morgan fingerprint density at radius 1 is 1.28 bits per heavy atom.